The molecule has 6 nitrogen and oxygen atoms in total. The molecule has 0 bridgehead atoms. The van der Waals surface area contributed by atoms with Crippen molar-refractivity contribution in [3.8, 4) is 45.3 Å². The minimum atomic E-state index is 0.623. The lowest BCUT2D eigenvalue weighted by molar-refractivity contribution is 0.968. The minimum absolute atomic E-state index is 0.623. The Hall–Kier alpha value is -9.52. The predicted molar refractivity (Wildman–Crippen MR) is 290 cm³/mol. The molecule has 0 aliphatic carbocycles. The van der Waals surface area contributed by atoms with Crippen LogP contribution in [-0.2, 0) is 0 Å². The van der Waals surface area contributed by atoms with Gasteiger partial charge >= 0.3 is 0 Å². The molecule has 0 aliphatic heterocycles. The van der Waals surface area contributed by atoms with Crippen molar-refractivity contribution in [1.82, 2.24) is 28.2 Å². The third kappa shape index (κ3) is 5.68. The van der Waals surface area contributed by atoms with Crippen molar-refractivity contribution < 1.29 is 0 Å². The van der Waals surface area contributed by atoms with Crippen LogP contribution in [-0.4, -0.2) is 28.2 Å². The van der Waals surface area contributed by atoms with Gasteiger partial charge in [-0.1, -0.05) is 146 Å². The molecule has 326 valence electrons. The summed E-state index contributed by atoms with van der Waals surface area (Å²) >= 11 is 0. The number of para-hydroxylation sites is 6. The lowest BCUT2D eigenvalue weighted by atomic mass is 10.0. The first kappa shape index (κ1) is 38.6. The fraction of sp³-hybridized carbons (Fsp3) is 0. The van der Waals surface area contributed by atoms with E-state index < -0.39 is 0 Å². The molecular weight excluding hydrogens is 853 g/mol. The van der Waals surface area contributed by atoms with E-state index in [0.29, 0.717) is 5.95 Å². The molecule has 15 rings (SSSR count). The first-order valence-corrected chi connectivity index (χ1v) is 23.8. The SMILES string of the molecule is c1ccc(-n2c3ccccc3c3cc(-c4ccc5c6ccccc6n(-c6cnc(-n7c8ccccc8c8ccc(-c9ccc%10c(c9)c9ccccc9n%10-c9ccccc9)cc87)nc6)c5c4)ccc32)cc1. The molecule has 0 amide bonds. The van der Waals surface area contributed by atoms with Crippen LogP contribution in [0.3, 0.4) is 0 Å². The van der Waals surface area contributed by atoms with E-state index in [-0.39, 0.29) is 0 Å². The van der Waals surface area contributed by atoms with Gasteiger partial charge in [0.2, 0.25) is 5.95 Å². The van der Waals surface area contributed by atoms with Gasteiger partial charge in [-0.3, -0.25) is 4.57 Å². The Kier molecular flexibility index (Phi) is 8.26. The van der Waals surface area contributed by atoms with E-state index in [0.717, 1.165) is 66.6 Å². The summed E-state index contributed by atoms with van der Waals surface area (Å²) in [6.45, 7) is 0. The van der Waals surface area contributed by atoms with Crippen LogP contribution in [0.4, 0.5) is 0 Å². The van der Waals surface area contributed by atoms with Gasteiger partial charge in [-0.15, -0.1) is 0 Å². The lowest BCUT2D eigenvalue weighted by Gasteiger charge is -2.11. The van der Waals surface area contributed by atoms with Crippen molar-refractivity contribution in [1.29, 1.82) is 0 Å². The first-order valence-electron chi connectivity index (χ1n) is 23.8. The second kappa shape index (κ2) is 15.0. The van der Waals surface area contributed by atoms with Crippen LogP contribution in [0.1, 0.15) is 0 Å². The second-order valence-corrected chi connectivity index (χ2v) is 18.3. The van der Waals surface area contributed by atoms with Crippen LogP contribution < -0.4 is 0 Å². The van der Waals surface area contributed by atoms with Gasteiger partial charge in [0.05, 0.1) is 62.2 Å². The normalized spacial score (nSPS) is 12.0. The number of hydrogen-bond acceptors (Lipinski definition) is 2. The van der Waals surface area contributed by atoms with E-state index in [1.807, 2.05) is 12.4 Å². The third-order valence-electron chi connectivity index (χ3n) is 14.5. The van der Waals surface area contributed by atoms with Crippen LogP contribution in [0.15, 0.2) is 243 Å². The third-order valence-corrected chi connectivity index (χ3v) is 14.5. The maximum atomic E-state index is 5.20. The fourth-order valence-corrected chi connectivity index (χ4v) is 11.4. The van der Waals surface area contributed by atoms with E-state index in [1.165, 1.54) is 59.9 Å². The Bertz CT molecular complexity index is 4280. The smallest absolute Gasteiger partial charge is 0.234 e. The van der Waals surface area contributed by atoms with Crippen molar-refractivity contribution in [2.75, 3.05) is 0 Å². The Morgan fingerprint density at radius 3 is 0.986 bits per heavy atom. The second-order valence-electron chi connectivity index (χ2n) is 18.3. The fourth-order valence-electron chi connectivity index (χ4n) is 11.4. The standard InChI is InChI=1S/C64H40N6/c1-3-15-45(16-4-1)67-57-24-12-9-21-50(57)54-35-41(29-33-60(54)67)43-27-31-52-48-19-7-11-23-56(48)69(62(52)37-43)47-39-65-64(66-40-47)70-59-26-14-8-20-49(59)53-32-28-44(38-63(53)70)42-30-34-61-55(36-42)51-22-10-13-25-58(51)68(61)46-17-5-2-6-18-46/h1-40H. The summed E-state index contributed by atoms with van der Waals surface area (Å²) in [5, 5.41) is 9.61. The van der Waals surface area contributed by atoms with Gasteiger partial charge < -0.3 is 13.7 Å². The summed E-state index contributed by atoms with van der Waals surface area (Å²) in [7, 11) is 0. The van der Waals surface area contributed by atoms with Gasteiger partial charge in [-0.2, -0.15) is 0 Å². The zero-order valence-corrected chi connectivity index (χ0v) is 37.8. The average molecular weight is 893 g/mol. The molecule has 70 heavy (non-hydrogen) atoms. The van der Waals surface area contributed by atoms with Crippen LogP contribution in [0, 0.1) is 0 Å². The van der Waals surface area contributed by atoms with Gasteiger partial charge in [0.1, 0.15) is 0 Å². The minimum Gasteiger partial charge on any atom is -0.309 e. The monoisotopic (exact) mass is 892 g/mol. The molecule has 0 N–H and O–H groups in total. The highest BCUT2D eigenvalue weighted by Crippen LogP contribution is 2.40. The van der Waals surface area contributed by atoms with Gasteiger partial charge in [-0.25, -0.2) is 9.97 Å². The number of aromatic nitrogens is 6. The van der Waals surface area contributed by atoms with Crippen LogP contribution in [0.2, 0.25) is 0 Å². The van der Waals surface area contributed by atoms with Crippen molar-refractivity contribution >= 4 is 87.2 Å². The molecule has 15 aromatic rings. The van der Waals surface area contributed by atoms with E-state index in [1.54, 1.807) is 0 Å². The lowest BCUT2D eigenvalue weighted by Crippen LogP contribution is -2.03. The van der Waals surface area contributed by atoms with Gasteiger partial charge in [-0.05, 0) is 107 Å². The molecule has 0 radical (unpaired) electrons. The van der Waals surface area contributed by atoms with Gasteiger partial charge in [0, 0.05) is 54.5 Å². The van der Waals surface area contributed by atoms with E-state index in [9.17, 15) is 0 Å². The van der Waals surface area contributed by atoms with Gasteiger partial charge in [0.15, 0.2) is 0 Å². The molecule has 6 heteroatoms. The van der Waals surface area contributed by atoms with Crippen LogP contribution >= 0.6 is 0 Å². The number of fused-ring (bicyclic) bond motifs is 12. The van der Waals surface area contributed by atoms with E-state index in [2.05, 4.69) is 249 Å². The predicted octanol–water partition coefficient (Wildman–Crippen LogP) is 16.2. The molecule has 10 aromatic carbocycles. The number of benzene rings is 10. The Labute approximate surface area is 401 Å². The molecule has 0 saturated carbocycles. The highest BCUT2D eigenvalue weighted by molar-refractivity contribution is 6.14. The zero-order valence-electron chi connectivity index (χ0n) is 37.8. The van der Waals surface area contributed by atoms with Gasteiger partial charge in [0.25, 0.3) is 0 Å². The number of nitrogens with zero attached hydrogens (tertiary/aromatic N) is 6. The highest BCUT2D eigenvalue weighted by atomic mass is 15.2. The molecule has 5 heterocycles. The maximum absolute atomic E-state index is 5.20. The topological polar surface area (TPSA) is 45.5 Å². The molecule has 5 aromatic heterocycles. The summed E-state index contributed by atoms with van der Waals surface area (Å²) in [6.07, 6.45) is 3.96. The molecule has 0 spiro atoms. The van der Waals surface area contributed by atoms with Crippen molar-refractivity contribution in [2.45, 2.75) is 0 Å². The van der Waals surface area contributed by atoms with Crippen molar-refractivity contribution in [2.24, 2.45) is 0 Å². The molecule has 0 aliphatic rings. The molecule has 0 saturated heterocycles. The molecule has 0 atom stereocenters. The Morgan fingerprint density at radius 1 is 0.214 bits per heavy atom. The van der Waals surface area contributed by atoms with Crippen LogP contribution in [0.25, 0.3) is 132 Å². The summed E-state index contributed by atoms with van der Waals surface area (Å²) < 4.78 is 9.26. The Balaban J connectivity index is 0.852. The summed E-state index contributed by atoms with van der Waals surface area (Å²) in [5.41, 5.74) is 16.9. The van der Waals surface area contributed by atoms with Crippen molar-refractivity contribution in [3.63, 3.8) is 0 Å². The maximum Gasteiger partial charge on any atom is 0.234 e. The number of hydrogen-bond donors (Lipinski definition) is 0. The summed E-state index contributed by atoms with van der Waals surface area (Å²) in [5.74, 6) is 0.623. The largest absolute Gasteiger partial charge is 0.309 e. The quantitative estimate of drug-likeness (QED) is 0.167. The molecule has 0 unspecified atom stereocenters. The molecular formula is C64H40N6. The van der Waals surface area contributed by atoms with Crippen LogP contribution in [0.5, 0.6) is 0 Å². The summed E-state index contributed by atoms with van der Waals surface area (Å²) in [4.78, 5) is 10.4. The van der Waals surface area contributed by atoms with E-state index in [4.69, 9.17) is 9.97 Å². The summed E-state index contributed by atoms with van der Waals surface area (Å²) in [6, 6.07) is 83.2. The number of rotatable bonds is 6. The Morgan fingerprint density at radius 2 is 0.529 bits per heavy atom. The zero-order chi connectivity index (χ0) is 45.9. The van der Waals surface area contributed by atoms with Crippen molar-refractivity contribution in [3.05, 3.63) is 243 Å². The highest BCUT2D eigenvalue weighted by Gasteiger charge is 2.20. The first-order chi connectivity index (χ1) is 34.7. The van der Waals surface area contributed by atoms with E-state index >= 15 is 0 Å². The average Bonchev–Trinajstić information content (AvgIpc) is 4.15. The molecule has 0 fully saturated rings.